The molecule has 4 nitrogen and oxygen atoms in total. The monoisotopic (exact) mass is 240 g/mol. The van der Waals surface area contributed by atoms with Gasteiger partial charge in [-0.1, -0.05) is 0 Å². The Morgan fingerprint density at radius 2 is 2.22 bits per heavy atom. The quantitative estimate of drug-likeness (QED) is 0.710. The van der Waals surface area contributed by atoms with Crippen molar-refractivity contribution in [3.05, 3.63) is 36.0 Å². The van der Waals surface area contributed by atoms with Crippen LogP contribution in [0.5, 0.6) is 0 Å². The number of aromatic nitrogens is 3. The van der Waals surface area contributed by atoms with Gasteiger partial charge in [-0.05, 0) is 38.3 Å². The number of nitrogens with zero attached hydrogens (tertiary/aromatic N) is 4. The molecule has 1 unspecified atom stereocenters. The third-order valence-electron chi connectivity index (χ3n) is 4.11. The summed E-state index contributed by atoms with van der Waals surface area (Å²) >= 11 is 0. The molecule has 1 saturated heterocycles. The van der Waals surface area contributed by atoms with Crippen molar-refractivity contribution in [2.75, 3.05) is 11.4 Å². The first-order valence-electron chi connectivity index (χ1n) is 6.62. The summed E-state index contributed by atoms with van der Waals surface area (Å²) in [5.41, 5.74) is 3.68. The van der Waals surface area contributed by atoms with E-state index < -0.39 is 0 Å². The molecule has 0 aromatic carbocycles. The molecule has 2 aliphatic heterocycles. The van der Waals surface area contributed by atoms with Crippen LogP contribution in [0.25, 0.3) is 5.69 Å². The Labute approximate surface area is 106 Å². The van der Waals surface area contributed by atoms with Gasteiger partial charge in [0.05, 0.1) is 29.4 Å². The number of fused-ring (bicyclic) bond motifs is 6. The highest BCUT2D eigenvalue weighted by Crippen LogP contribution is 2.42. The summed E-state index contributed by atoms with van der Waals surface area (Å²) in [5.74, 6) is 1.12. The summed E-state index contributed by atoms with van der Waals surface area (Å²) < 4.78 is 2.23. The highest BCUT2D eigenvalue weighted by molar-refractivity contribution is 5.63. The molecule has 4 rings (SSSR count). The molecule has 2 aliphatic rings. The molecule has 1 atom stereocenters. The molecule has 18 heavy (non-hydrogen) atoms. The highest BCUT2D eigenvalue weighted by Gasteiger charge is 2.35. The molecule has 4 heterocycles. The molecular weight excluding hydrogens is 224 g/mol. The van der Waals surface area contributed by atoms with Crippen LogP contribution >= 0.6 is 0 Å². The number of rotatable bonds is 0. The fourth-order valence-corrected chi connectivity index (χ4v) is 3.31. The van der Waals surface area contributed by atoms with Gasteiger partial charge in [-0.25, -0.2) is 9.97 Å². The zero-order chi connectivity index (χ0) is 12.1. The first kappa shape index (κ1) is 10.1. The number of hydrogen-bond acceptors (Lipinski definition) is 3. The van der Waals surface area contributed by atoms with E-state index >= 15 is 0 Å². The minimum atomic E-state index is 0.462. The van der Waals surface area contributed by atoms with Gasteiger partial charge >= 0.3 is 0 Å². The zero-order valence-corrected chi connectivity index (χ0v) is 10.5. The summed E-state index contributed by atoms with van der Waals surface area (Å²) in [6, 6.07) is 4.60. The third kappa shape index (κ3) is 1.20. The number of aryl methyl sites for hydroxylation is 1. The van der Waals surface area contributed by atoms with E-state index in [1.807, 2.05) is 18.6 Å². The predicted octanol–water partition coefficient (Wildman–Crippen LogP) is 2.62. The van der Waals surface area contributed by atoms with Crippen molar-refractivity contribution < 1.29 is 0 Å². The van der Waals surface area contributed by atoms with E-state index in [2.05, 4.69) is 32.4 Å². The van der Waals surface area contributed by atoms with Crippen LogP contribution in [0.15, 0.2) is 24.7 Å². The topological polar surface area (TPSA) is 34.0 Å². The van der Waals surface area contributed by atoms with Crippen LogP contribution < -0.4 is 4.90 Å². The van der Waals surface area contributed by atoms with Gasteiger partial charge < -0.3 is 4.90 Å². The van der Waals surface area contributed by atoms with Crippen molar-refractivity contribution in [3.8, 4) is 5.69 Å². The molecule has 0 spiro atoms. The fourth-order valence-electron chi connectivity index (χ4n) is 3.31. The standard InChI is InChI=1S/C14H16N4/c1-10-13-11-5-2-3-8-17(11)14-12(6-4-7-15-14)18(13)9-16-10/h4,6-7,9,11H,2-3,5,8H2,1H3. The Morgan fingerprint density at radius 1 is 1.28 bits per heavy atom. The van der Waals surface area contributed by atoms with Crippen LogP contribution in [0, 0.1) is 6.92 Å². The van der Waals surface area contributed by atoms with Gasteiger partial charge in [-0.3, -0.25) is 4.57 Å². The van der Waals surface area contributed by atoms with Crippen LogP contribution in [0.2, 0.25) is 0 Å². The molecule has 0 bridgehead atoms. The zero-order valence-electron chi connectivity index (χ0n) is 10.5. The number of imidazole rings is 1. The molecule has 0 amide bonds. The Morgan fingerprint density at radius 3 is 3.17 bits per heavy atom. The van der Waals surface area contributed by atoms with Crippen molar-refractivity contribution in [3.63, 3.8) is 0 Å². The Hall–Kier alpha value is -1.84. The second-order valence-corrected chi connectivity index (χ2v) is 5.14. The van der Waals surface area contributed by atoms with Crippen molar-refractivity contribution in [1.82, 2.24) is 14.5 Å². The maximum absolute atomic E-state index is 4.59. The largest absolute Gasteiger partial charge is 0.346 e. The van der Waals surface area contributed by atoms with Crippen LogP contribution in [-0.4, -0.2) is 21.1 Å². The first-order valence-corrected chi connectivity index (χ1v) is 6.62. The van der Waals surface area contributed by atoms with E-state index in [0.717, 1.165) is 18.1 Å². The number of hydrogen-bond donors (Lipinski definition) is 0. The van der Waals surface area contributed by atoms with Gasteiger partial charge in [0.15, 0.2) is 5.82 Å². The molecule has 0 saturated carbocycles. The van der Waals surface area contributed by atoms with Crippen LogP contribution in [0.3, 0.4) is 0 Å². The van der Waals surface area contributed by atoms with Crippen molar-refractivity contribution in [1.29, 1.82) is 0 Å². The van der Waals surface area contributed by atoms with Gasteiger partial charge in [-0.2, -0.15) is 0 Å². The molecular formula is C14H16N4. The molecule has 2 aromatic heterocycles. The van der Waals surface area contributed by atoms with E-state index in [4.69, 9.17) is 0 Å². The van der Waals surface area contributed by atoms with E-state index in [1.165, 1.54) is 30.6 Å². The molecule has 4 heteroatoms. The smallest absolute Gasteiger partial charge is 0.153 e. The maximum atomic E-state index is 4.59. The Kier molecular flexibility index (Phi) is 2.01. The first-order chi connectivity index (χ1) is 8.86. The lowest BCUT2D eigenvalue weighted by Gasteiger charge is -2.41. The minimum absolute atomic E-state index is 0.462. The lowest BCUT2D eigenvalue weighted by atomic mass is 9.96. The maximum Gasteiger partial charge on any atom is 0.153 e. The van der Waals surface area contributed by atoms with Crippen LogP contribution in [0.1, 0.15) is 36.7 Å². The summed E-state index contributed by atoms with van der Waals surface area (Å²) in [6.07, 6.45) is 7.60. The average molecular weight is 240 g/mol. The predicted molar refractivity (Wildman–Crippen MR) is 70.0 cm³/mol. The van der Waals surface area contributed by atoms with Gasteiger partial charge in [0.1, 0.15) is 0 Å². The third-order valence-corrected chi connectivity index (χ3v) is 4.11. The molecule has 92 valence electrons. The summed E-state index contributed by atoms with van der Waals surface area (Å²) in [4.78, 5) is 11.5. The second-order valence-electron chi connectivity index (χ2n) is 5.14. The normalized spacial score (nSPS) is 21.2. The van der Waals surface area contributed by atoms with Crippen molar-refractivity contribution in [2.24, 2.45) is 0 Å². The SMILES string of the molecule is Cc1ncn2c1C1CCCCN1c1ncccc1-2. The lowest BCUT2D eigenvalue weighted by molar-refractivity contribution is 0.446. The van der Waals surface area contributed by atoms with E-state index in [9.17, 15) is 0 Å². The summed E-state index contributed by atoms with van der Waals surface area (Å²) in [5, 5.41) is 0. The van der Waals surface area contributed by atoms with Gasteiger partial charge in [0.25, 0.3) is 0 Å². The van der Waals surface area contributed by atoms with E-state index in [-0.39, 0.29) is 0 Å². The van der Waals surface area contributed by atoms with Crippen molar-refractivity contribution in [2.45, 2.75) is 32.2 Å². The van der Waals surface area contributed by atoms with Crippen molar-refractivity contribution >= 4 is 5.82 Å². The Bertz CT molecular complexity index is 602. The molecule has 0 aliphatic carbocycles. The number of piperidine rings is 1. The number of pyridine rings is 1. The van der Waals surface area contributed by atoms with Gasteiger partial charge in [0, 0.05) is 12.7 Å². The van der Waals surface area contributed by atoms with E-state index in [0.29, 0.717) is 6.04 Å². The molecule has 0 N–H and O–H groups in total. The molecule has 2 aromatic rings. The van der Waals surface area contributed by atoms with E-state index in [1.54, 1.807) is 0 Å². The van der Waals surface area contributed by atoms with Gasteiger partial charge in [0.2, 0.25) is 0 Å². The molecule has 1 fully saturated rings. The minimum Gasteiger partial charge on any atom is -0.346 e. The lowest BCUT2D eigenvalue weighted by Crippen LogP contribution is -2.38. The summed E-state index contributed by atoms with van der Waals surface area (Å²) in [6.45, 7) is 3.22. The average Bonchev–Trinajstić information content (AvgIpc) is 2.82. The summed E-state index contributed by atoms with van der Waals surface area (Å²) in [7, 11) is 0. The fraction of sp³-hybridized carbons (Fsp3) is 0.429. The van der Waals surface area contributed by atoms with Crippen LogP contribution in [0.4, 0.5) is 5.82 Å². The second kappa shape index (κ2) is 3.57. The van der Waals surface area contributed by atoms with Gasteiger partial charge in [-0.15, -0.1) is 0 Å². The van der Waals surface area contributed by atoms with Crippen LogP contribution in [-0.2, 0) is 0 Å². The Balaban J connectivity index is 2.00. The molecule has 0 radical (unpaired) electrons. The highest BCUT2D eigenvalue weighted by atomic mass is 15.3. The number of anilines is 1.